The van der Waals surface area contributed by atoms with Crippen LogP contribution in [0.25, 0.3) is 0 Å². The Morgan fingerprint density at radius 3 is 0.857 bits per heavy atom. The van der Waals surface area contributed by atoms with Gasteiger partial charge in [0.25, 0.3) is 6.08 Å². The van der Waals surface area contributed by atoms with E-state index in [-0.39, 0.29) is 32.9 Å². The van der Waals surface area contributed by atoms with Gasteiger partial charge in [-0.05, 0) is 13.5 Å². The minimum atomic E-state index is -1.83. The Bertz CT molecular complexity index is 60.2. The Morgan fingerprint density at radius 2 is 0.857 bits per heavy atom. The summed E-state index contributed by atoms with van der Waals surface area (Å²) >= 11 is 0. The molecule has 0 aromatic carbocycles. The van der Waals surface area contributed by atoms with Crippen LogP contribution in [0.1, 0.15) is 6.92 Å². The van der Waals surface area contributed by atoms with Gasteiger partial charge in [0, 0.05) is 0 Å². The highest BCUT2D eigenvalue weighted by atomic mass is 19.3. The molecule has 0 heterocycles. The van der Waals surface area contributed by atoms with Crippen LogP contribution < -0.4 is 0 Å². The number of halogens is 9. The van der Waals surface area contributed by atoms with E-state index in [9.17, 15) is 8.78 Å². The van der Waals surface area contributed by atoms with Gasteiger partial charge < -0.3 is 0 Å². The lowest BCUT2D eigenvalue weighted by molar-refractivity contribution is 0.426. The second-order valence-corrected chi connectivity index (χ2v) is 0.747. The summed E-state index contributed by atoms with van der Waals surface area (Å²) in [5.41, 5.74) is 0. The van der Waals surface area contributed by atoms with Crippen molar-refractivity contribution in [2.24, 2.45) is 0 Å². The van der Waals surface area contributed by atoms with Gasteiger partial charge >= 0.3 is 0 Å². The topological polar surface area (TPSA) is 0 Å². The quantitative estimate of drug-likeness (QED) is 0.452. The summed E-state index contributed by atoms with van der Waals surface area (Å²) in [4.78, 5) is 0. The Morgan fingerprint density at radius 1 is 0.857 bits per heavy atom. The van der Waals surface area contributed by atoms with Gasteiger partial charge in [0.2, 0.25) is 0 Å². The SMILES string of the molecule is C=C(F)F.C=CC.F.F.F.F.F.F.F. The molecule has 0 saturated carbocycles. The molecule has 0 aliphatic rings. The number of allylic oxidation sites excluding steroid dienone is 1. The van der Waals surface area contributed by atoms with Crippen molar-refractivity contribution in [3.8, 4) is 0 Å². The standard InChI is InChI=1S/C3H6.C2H2F2.7FH/c1-3-2;1-2(3)4;;;;;;;/h3H,1H2,2H3;1H2;7*1H. The fraction of sp³-hybridized carbons (Fsp3) is 0.200. The van der Waals surface area contributed by atoms with E-state index in [1.54, 1.807) is 6.08 Å². The molecule has 0 nitrogen and oxygen atoms in total. The second-order valence-electron chi connectivity index (χ2n) is 0.747. The van der Waals surface area contributed by atoms with Crippen molar-refractivity contribution in [1.29, 1.82) is 0 Å². The first kappa shape index (κ1) is 122. The Labute approximate surface area is 75.3 Å². The van der Waals surface area contributed by atoms with Gasteiger partial charge in [-0.25, -0.2) is 0 Å². The molecule has 0 bridgehead atoms. The molecule has 0 aromatic rings. The van der Waals surface area contributed by atoms with E-state index in [1.807, 2.05) is 6.92 Å². The maximum atomic E-state index is 10.1. The first-order valence-electron chi connectivity index (χ1n) is 1.72. The van der Waals surface area contributed by atoms with E-state index in [0.29, 0.717) is 0 Å². The Hall–Kier alpha value is -1.15. The average molecular weight is 246 g/mol. The normalized spacial score (nSPS) is 2.79. The lowest BCUT2D eigenvalue weighted by atomic mass is 10.8. The maximum Gasteiger partial charge on any atom is 0.263 e. The summed E-state index contributed by atoms with van der Waals surface area (Å²) in [6.45, 7) is 7.47. The van der Waals surface area contributed by atoms with Crippen LogP contribution in [0, 0.1) is 0 Å². The van der Waals surface area contributed by atoms with Crippen molar-refractivity contribution in [3.63, 3.8) is 0 Å². The van der Waals surface area contributed by atoms with E-state index >= 15 is 0 Å². The van der Waals surface area contributed by atoms with Crippen molar-refractivity contribution in [2.75, 3.05) is 0 Å². The van der Waals surface area contributed by atoms with Gasteiger partial charge in [0.15, 0.2) is 0 Å². The predicted octanol–water partition coefficient (Wildman–Crippen LogP) is 3.66. The van der Waals surface area contributed by atoms with Crippen molar-refractivity contribution < 1.29 is 41.7 Å². The fourth-order valence-electron chi connectivity index (χ4n) is 0. The van der Waals surface area contributed by atoms with Crippen molar-refractivity contribution in [3.05, 3.63) is 25.3 Å². The largest absolute Gasteiger partial charge is 0.269 e. The third-order valence-corrected chi connectivity index (χ3v) is 0. The van der Waals surface area contributed by atoms with Crippen LogP contribution >= 0.6 is 0 Å². The van der Waals surface area contributed by atoms with Gasteiger partial charge in [0.05, 0.1) is 0 Å². The van der Waals surface area contributed by atoms with Gasteiger partial charge in [-0.1, -0.05) is 6.08 Å². The highest BCUT2D eigenvalue weighted by Crippen LogP contribution is 1.85. The molecule has 0 atom stereocenters. The zero-order valence-corrected chi connectivity index (χ0v) is 7.11. The van der Waals surface area contributed by atoms with Crippen molar-refractivity contribution in [1.82, 2.24) is 0 Å². The lowest BCUT2D eigenvalue weighted by Crippen LogP contribution is -1.33. The van der Waals surface area contributed by atoms with Crippen LogP contribution in [-0.2, 0) is 0 Å². The molecule has 0 unspecified atom stereocenters. The summed E-state index contributed by atoms with van der Waals surface area (Å²) < 4.78 is 20.3. The van der Waals surface area contributed by atoms with Crippen LogP contribution in [0.3, 0.4) is 0 Å². The Balaban J connectivity index is -0.00000000344. The van der Waals surface area contributed by atoms with E-state index in [0.717, 1.165) is 0 Å². The van der Waals surface area contributed by atoms with E-state index in [4.69, 9.17) is 0 Å². The van der Waals surface area contributed by atoms with Gasteiger partial charge in [-0.2, -0.15) is 8.78 Å². The number of hydrogen-bond donors (Lipinski definition) is 0. The minimum Gasteiger partial charge on any atom is -0.269 e. The van der Waals surface area contributed by atoms with E-state index in [1.165, 1.54) is 0 Å². The molecule has 0 rings (SSSR count). The zero-order valence-electron chi connectivity index (χ0n) is 7.11. The lowest BCUT2D eigenvalue weighted by Gasteiger charge is -1.54. The zero-order chi connectivity index (χ0) is 6.28. The molecule has 0 spiro atoms. The van der Waals surface area contributed by atoms with Gasteiger partial charge in [0.1, 0.15) is 0 Å². The second kappa shape index (κ2) is 172. The summed E-state index contributed by atoms with van der Waals surface area (Å²) in [7, 11) is 0. The van der Waals surface area contributed by atoms with Crippen LogP contribution in [0.5, 0.6) is 0 Å². The van der Waals surface area contributed by atoms with Gasteiger partial charge in [-0.15, -0.1) is 6.58 Å². The molecular formula is C5H15F9. The van der Waals surface area contributed by atoms with Crippen LogP contribution in [0.15, 0.2) is 25.3 Å². The molecule has 14 heavy (non-hydrogen) atoms. The maximum absolute atomic E-state index is 10.1. The third kappa shape index (κ3) is 796. The number of hydrogen-bond acceptors (Lipinski definition) is 0. The highest BCUT2D eigenvalue weighted by Gasteiger charge is 1.65. The molecule has 0 fully saturated rings. The molecule has 0 saturated heterocycles. The summed E-state index contributed by atoms with van der Waals surface area (Å²) in [6, 6.07) is 0. The summed E-state index contributed by atoms with van der Waals surface area (Å²) in [5, 5.41) is 0. The number of rotatable bonds is 0. The van der Waals surface area contributed by atoms with Crippen LogP contribution in [-0.4, -0.2) is 0 Å². The monoisotopic (exact) mass is 246 g/mol. The predicted molar refractivity (Wildman–Crippen MR) is 44.7 cm³/mol. The van der Waals surface area contributed by atoms with Gasteiger partial charge in [-0.3, -0.25) is 32.9 Å². The molecule has 9 heteroatoms. The van der Waals surface area contributed by atoms with E-state index in [2.05, 4.69) is 13.2 Å². The molecule has 0 aliphatic carbocycles. The van der Waals surface area contributed by atoms with Crippen LogP contribution in [0.2, 0.25) is 0 Å². The fourth-order valence-corrected chi connectivity index (χ4v) is 0. The molecule has 0 N–H and O–H groups in total. The highest BCUT2D eigenvalue weighted by molar-refractivity contribution is 4.57. The third-order valence-electron chi connectivity index (χ3n) is 0. The molecule has 0 aromatic heterocycles. The molecular weight excluding hydrogens is 231 g/mol. The average Bonchev–Trinajstić information content (AvgIpc) is 1.33. The van der Waals surface area contributed by atoms with E-state index < -0.39 is 6.08 Å². The molecule has 98 valence electrons. The molecule has 0 amide bonds. The van der Waals surface area contributed by atoms with Crippen molar-refractivity contribution >= 4 is 0 Å². The first-order chi connectivity index (χ1) is 3.15. The summed E-state index contributed by atoms with van der Waals surface area (Å²) in [6.07, 6.45) is -0.0833. The first-order valence-corrected chi connectivity index (χ1v) is 1.72. The molecule has 0 radical (unpaired) electrons. The molecule has 0 aliphatic heterocycles. The van der Waals surface area contributed by atoms with Crippen molar-refractivity contribution in [2.45, 2.75) is 6.92 Å². The summed E-state index contributed by atoms with van der Waals surface area (Å²) in [5.74, 6) is 0. The smallest absolute Gasteiger partial charge is 0.263 e. The van der Waals surface area contributed by atoms with Crippen LogP contribution in [0.4, 0.5) is 41.7 Å². The minimum absolute atomic E-state index is 0. The Kier molecular flexibility index (Phi) is 1490.